The molecule has 0 aromatic carbocycles. The number of unbranched alkanes of at least 4 members (excludes halogenated alkanes) is 7. The smallest absolute Gasteiger partial charge is 0.337 e. The Kier molecular flexibility index (Phi) is 14.3. The third-order valence-corrected chi connectivity index (χ3v) is 3.76. The largest absolute Gasteiger partial charge is 1.00 e. The number of halogens is 1. The van der Waals surface area contributed by atoms with E-state index in [1.54, 1.807) is 6.92 Å². The van der Waals surface area contributed by atoms with Crippen molar-refractivity contribution in [2.45, 2.75) is 77.9 Å². The number of carbonyl (C=O) groups is 1. The van der Waals surface area contributed by atoms with Gasteiger partial charge in [0.1, 0.15) is 0 Å². The molecule has 22 heavy (non-hydrogen) atoms. The number of quaternary nitrogens is 1. The number of esters is 1. The van der Waals surface area contributed by atoms with Crippen LogP contribution in [0.4, 0.5) is 0 Å². The van der Waals surface area contributed by atoms with Crippen LogP contribution in [0.3, 0.4) is 0 Å². The maximum atomic E-state index is 11.7. The van der Waals surface area contributed by atoms with Crippen molar-refractivity contribution in [3.05, 3.63) is 12.2 Å². The van der Waals surface area contributed by atoms with Gasteiger partial charge in [-0.05, 0) is 13.3 Å². The Morgan fingerprint density at radius 2 is 1.45 bits per heavy atom. The molecule has 0 bridgehead atoms. The normalized spacial score (nSPS) is 12.4. The lowest BCUT2D eigenvalue weighted by atomic mass is 10.1. The van der Waals surface area contributed by atoms with Crippen molar-refractivity contribution in [1.29, 1.82) is 0 Å². The highest BCUT2D eigenvalue weighted by molar-refractivity contribution is 5.86. The molecular weight excluding hydrogens is 342 g/mol. The van der Waals surface area contributed by atoms with Crippen LogP contribution < -0.4 is 17.0 Å². The minimum Gasteiger partial charge on any atom is -1.00 e. The van der Waals surface area contributed by atoms with E-state index in [4.69, 9.17) is 4.74 Å². The summed E-state index contributed by atoms with van der Waals surface area (Å²) in [6.07, 6.45) is 11.2. The summed E-state index contributed by atoms with van der Waals surface area (Å²) in [5.41, 5.74) is 0.476. The summed E-state index contributed by atoms with van der Waals surface area (Å²) >= 11 is 0. The molecule has 1 atom stereocenters. The molecule has 0 radical (unpaired) electrons. The Balaban J connectivity index is 0. The van der Waals surface area contributed by atoms with Gasteiger partial charge in [0.05, 0.1) is 21.1 Å². The van der Waals surface area contributed by atoms with Crippen LogP contribution in [0, 0.1) is 0 Å². The van der Waals surface area contributed by atoms with Crippen LogP contribution in [0.15, 0.2) is 12.2 Å². The van der Waals surface area contributed by atoms with E-state index in [1.165, 1.54) is 44.9 Å². The first-order chi connectivity index (χ1) is 9.79. The van der Waals surface area contributed by atoms with Crippen molar-refractivity contribution >= 4 is 5.97 Å². The number of carbonyl (C=O) groups excluding carboxylic acids is 1. The summed E-state index contributed by atoms with van der Waals surface area (Å²) in [6, 6.07) is 0. The SMILES string of the molecule is C=C(C)C(=O)OC(CCCCCCCCCC)[N+](C)(C)C.[Br-]. The van der Waals surface area contributed by atoms with Crippen LogP contribution in [0.1, 0.15) is 71.6 Å². The molecule has 0 rings (SSSR count). The summed E-state index contributed by atoms with van der Waals surface area (Å²) in [5, 5.41) is 0. The number of rotatable bonds is 12. The summed E-state index contributed by atoms with van der Waals surface area (Å²) < 4.78 is 6.22. The van der Waals surface area contributed by atoms with Gasteiger partial charge in [0.2, 0.25) is 6.23 Å². The third kappa shape index (κ3) is 12.2. The summed E-state index contributed by atoms with van der Waals surface area (Å²) in [5.74, 6) is -0.271. The van der Waals surface area contributed by atoms with Crippen molar-refractivity contribution in [1.82, 2.24) is 0 Å². The number of nitrogens with zero attached hydrogens (tertiary/aromatic N) is 1. The predicted molar refractivity (Wildman–Crippen MR) is 90.0 cm³/mol. The van der Waals surface area contributed by atoms with E-state index in [0.717, 1.165) is 12.8 Å². The van der Waals surface area contributed by atoms with Crippen LogP contribution in [0.2, 0.25) is 0 Å². The molecule has 0 aromatic rings. The Labute approximate surface area is 148 Å². The monoisotopic (exact) mass is 377 g/mol. The molecule has 0 aliphatic rings. The summed E-state index contributed by atoms with van der Waals surface area (Å²) in [6.45, 7) is 7.60. The standard InChI is InChI=1S/C18H36NO2.BrH/c1-7-8-9-10-11-12-13-14-15-17(19(4,5)6)21-18(20)16(2)3;/h17H,2,7-15H2,1,3-6H3;1H/q+1;/p-1. The van der Waals surface area contributed by atoms with Crippen LogP contribution in [-0.2, 0) is 9.53 Å². The van der Waals surface area contributed by atoms with E-state index in [0.29, 0.717) is 10.1 Å². The van der Waals surface area contributed by atoms with Crippen LogP contribution in [0.25, 0.3) is 0 Å². The van der Waals surface area contributed by atoms with Gasteiger partial charge in [-0.25, -0.2) is 4.79 Å². The zero-order chi connectivity index (χ0) is 16.3. The quantitative estimate of drug-likeness (QED) is 0.170. The van der Waals surface area contributed by atoms with Crippen molar-refractivity contribution in [3.8, 4) is 0 Å². The molecule has 0 heterocycles. The molecule has 0 aliphatic heterocycles. The molecule has 3 nitrogen and oxygen atoms in total. The van der Waals surface area contributed by atoms with Crippen LogP contribution in [0.5, 0.6) is 0 Å². The summed E-state index contributed by atoms with van der Waals surface area (Å²) in [4.78, 5) is 11.7. The van der Waals surface area contributed by atoms with Gasteiger partial charge in [0, 0.05) is 12.0 Å². The lowest BCUT2D eigenvalue weighted by molar-refractivity contribution is -0.917. The second-order valence-corrected chi connectivity index (χ2v) is 7.02. The highest BCUT2D eigenvalue weighted by Crippen LogP contribution is 2.17. The van der Waals surface area contributed by atoms with Crippen molar-refractivity contribution in [3.63, 3.8) is 0 Å². The van der Waals surface area contributed by atoms with Gasteiger partial charge in [0.25, 0.3) is 0 Å². The fourth-order valence-corrected chi connectivity index (χ4v) is 2.28. The molecular formula is C18H36BrNO2. The van der Waals surface area contributed by atoms with Crippen molar-refractivity contribution in [2.24, 2.45) is 0 Å². The first-order valence-corrected chi connectivity index (χ1v) is 8.46. The summed E-state index contributed by atoms with van der Waals surface area (Å²) in [7, 11) is 6.21. The van der Waals surface area contributed by atoms with Gasteiger partial charge < -0.3 is 21.7 Å². The molecule has 0 saturated heterocycles. The van der Waals surface area contributed by atoms with Gasteiger partial charge in [-0.15, -0.1) is 0 Å². The molecule has 4 heteroatoms. The van der Waals surface area contributed by atoms with Gasteiger partial charge in [-0.3, -0.25) is 4.48 Å². The third-order valence-electron chi connectivity index (χ3n) is 3.76. The fourth-order valence-electron chi connectivity index (χ4n) is 2.28. The predicted octanol–water partition coefficient (Wildman–Crippen LogP) is 1.67. The Morgan fingerprint density at radius 1 is 1.00 bits per heavy atom. The van der Waals surface area contributed by atoms with Gasteiger partial charge >= 0.3 is 5.97 Å². The van der Waals surface area contributed by atoms with E-state index in [2.05, 4.69) is 34.6 Å². The maximum absolute atomic E-state index is 11.7. The van der Waals surface area contributed by atoms with E-state index < -0.39 is 0 Å². The molecule has 0 aromatic heterocycles. The van der Waals surface area contributed by atoms with Gasteiger partial charge in [-0.2, -0.15) is 0 Å². The second-order valence-electron chi connectivity index (χ2n) is 7.02. The topological polar surface area (TPSA) is 26.3 Å². The highest BCUT2D eigenvalue weighted by Gasteiger charge is 2.27. The Morgan fingerprint density at radius 3 is 1.86 bits per heavy atom. The lowest BCUT2D eigenvalue weighted by Gasteiger charge is -2.33. The number of hydrogen-bond donors (Lipinski definition) is 0. The molecule has 0 saturated carbocycles. The van der Waals surface area contributed by atoms with Crippen LogP contribution in [-0.4, -0.2) is 37.8 Å². The first-order valence-electron chi connectivity index (χ1n) is 8.46. The maximum Gasteiger partial charge on any atom is 0.337 e. The molecule has 0 fully saturated rings. The molecule has 132 valence electrons. The lowest BCUT2D eigenvalue weighted by Crippen LogP contribution is -3.00. The highest BCUT2D eigenvalue weighted by atomic mass is 79.9. The Bertz CT molecular complexity index is 311. The average Bonchev–Trinajstić information content (AvgIpc) is 2.38. The van der Waals surface area contributed by atoms with Crippen molar-refractivity contribution < 1.29 is 31.0 Å². The van der Waals surface area contributed by atoms with Crippen molar-refractivity contribution in [2.75, 3.05) is 21.1 Å². The number of hydrogen-bond acceptors (Lipinski definition) is 2. The van der Waals surface area contributed by atoms with Gasteiger partial charge in [0.15, 0.2) is 0 Å². The average molecular weight is 378 g/mol. The minimum absolute atomic E-state index is 0. The van der Waals surface area contributed by atoms with E-state index >= 15 is 0 Å². The van der Waals surface area contributed by atoms with E-state index in [1.807, 2.05) is 0 Å². The second kappa shape index (κ2) is 13.1. The first kappa shape index (κ1) is 23.9. The number of ether oxygens (including phenoxy) is 1. The van der Waals surface area contributed by atoms with E-state index in [-0.39, 0.29) is 29.2 Å². The zero-order valence-electron chi connectivity index (χ0n) is 15.3. The zero-order valence-corrected chi connectivity index (χ0v) is 16.9. The van der Waals surface area contributed by atoms with Crippen LogP contribution >= 0.6 is 0 Å². The Hall–Kier alpha value is -0.350. The molecule has 0 N–H and O–H groups in total. The molecule has 0 spiro atoms. The minimum atomic E-state index is -0.271. The molecule has 0 amide bonds. The van der Waals surface area contributed by atoms with E-state index in [9.17, 15) is 4.79 Å². The molecule has 1 unspecified atom stereocenters. The van der Waals surface area contributed by atoms with Gasteiger partial charge in [-0.1, -0.05) is 58.4 Å². The molecule has 0 aliphatic carbocycles. The fraction of sp³-hybridized carbons (Fsp3) is 0.833.